The predicted octanol–water partition coefficient (Wildman–Crippen LogP) is 3.94. The molecule has 4 aromatic rings. The van der Waals surface area contributed by atoms with Crippen molar-refractivity contribution in [1.29, 1.82) is 0 Å². The quantitative estimate of drug-likeness (QED) is 0.443. The molecule has 6 rings (SSSR count). The normalized spacial score (nSPS) is 17.4. The molecule has 4 aromatic heterocycles. The average Bonchev–Trinajstić information content (AvgIpc) is 3.61. The zero-order valence-corrected chi connectivity index (χ0v) is 20.5. The van der Waals surface area contributed by atoms with Crippen molar-refractivity contribution < 1.29 is 4.74 Å². The van der Waals surface area contributed by atoms with E-state index in [1.807, 2.05) is 30.2 Å². The molecule has 8 heteroatoms. The molecule has 0 spiro atoms. The molecule has 0 saturated carbocycles. The molecule has 6 heterocycles. The van der Waals surface area contributed by atoms with E-state index in [4.69, 9.17) is 14.7 Å². The molecule has 2 N–H and O–H groups in total. The Balaban J connectivity index is 1.36. The van der Waals surface area contributed by atoms with Gasteiger partial charge in [-0.15, -0.1) is 0 Å². The van der Waals surface area contributed by atoms with Crippen LogP contribution >= 0.6 is 0 Å². The molecule has 180 valence electrons. The highest BCUT2D eigenvalue weighted by atomic mass is 16.5. The van der Waals surface area contributed by atoms with E-state index in [1.165, 1.54) is 16.7 Å². The van der Waals surface area contributed by atoms with Gasteiger partial charge < -0.3 is 24.8 Å². The molecule has 0 radical (unpaired) electrons. The fourth-order valence-corrected chi connectivity index (χ4v) is 5.30. The van der Waals surface area contributed by atoms with Gasteiger partial charge in [-0.1, -0.05) is 6.07 Å². The van der Waals surface area contributed by atoms with Crippen LogP contribution in [0.4, 0.5) is 11.5 Å². The van der Waals surface area contributed by atoms with Crippen LogP contribution in [0, 0.1) is 0 Å². The van der Waals surface area contributed by atoms with Gasteiger partial charge in [0.05, 0.1) is 29.9 Å². The highest BCUT2D eigenvalue weighted by Gasteiger charge is 2.24. The smallest absolute Gasteiger partial charge is 0.140 e. The maximum absolute atomic E-state index is 5.65. The van der Waals surface area contributed by atoms with E-state index in [1.54, 1.807) is 0 Å². The number of hydrogen-bond acceptors (Lipinski definition) is 7. The van der Waals surface area contributed by atoms with E-state index in [0.29, 0.717) is 5.92 Å². The van der Waals surface area contributed by atoms with Crippen molar-refractivity contribution in [3.63, 3.8) is 0 Å². The standard InChI is InChI=1S/C27H31N7O/c1-33(2)15-24-18(17-8-11-35-16-17)4-5-25(32-24)31-23-14-30-26(22-13-28-12-21(22)23)19-6-9-29-27-20(19)7-10-34(27)3/h4-7,9-10,14,17,28H,8,11-13,15-16H2,1-3H3,(H,31,32)/t17-/m1/s1. The molecule has 0 unspecified atom stereocenters. The Morgan fingerprint density at radius 2 is 2.03 bits per heavy atom. The minimum Gasteiger partial charge on any atom is -0.381 e. The van der Waals surface area contributed by atoms with Crippen LogP contribution < -0.4 is 10.6 Å². The van der Waals surface area contributed by atoms with E-state index in [-0.39, 0.29) is 0 Å². The number of hydrogen-bond donors (Lipinski definition) is 2. The number of anilines is 2. The second-order valence-corrected chi connectivity index (χ2v) is 9.76. The molecule has 1 saturated heterocycles. The Morgan fingerprint density at radius 1 is 1.14 bits per heavy atom. The van der Waals surface area contributed by atoms with Crippen LogP contribution in [0.2, 0.25) is 0 Å². The number of nitrogens with zero attached hydrogens (tertiary/aromatic N) is 5. The maximum atomic E-state index is 5.65. The minimum atomic E-state index is 0.427. The van der Waals surface area contributed by atoms with Crippen molar-refractivity contribution in [2.24, 2.45) is 7.05 Å². The van der Waals surface area contributed by atoms with Crippen LogP contribution in [0.15, 0.2) is 42.9 Å². The van der Waals surface area contributed by atoms with Crippen LogP contribution in [-0.4, -0.2) is 51.7 Å². The largest absolute Gasteiger partial charge is 0.381 e. The van der Waals surface area contributed by atoms with Crippen molar-refractivity contribution in [2.75, 3.05) is 32.6 Å². The fourth-order valence-electron chi connectivity index (χ4n) is 5.30. The van der Waals surface area contributed by atoms with Crippen molar-refractivity contribution >= 4 is 22.5 Å². The fraction of sp³-hybridized carbons (Fsp3) is 0.370. The van der Waals surface area contributed by atoms with Crippen LogP contribution in [0.5, 0.6) is 0 Å². The number of pyridine rings is 3. The molecule has 2 aliphatic heterocycles. The first-order valence-electron chi connectivity index (χ1n) is 12.2. The van der Waals surface area contributed by atoms with Gasteiger partial charge in [0.15, 0.2) is 0 Å². The zero-order chi connectivity index (χ0) is 23.9. The monoisotopic (exact) mass is 469 g/mol. The maximum Gasteiger partial charge on any atom is 0.140 e. The summed E-state index contributed by atoms with van der Waals surface area (Å²) in [6, 6.07) is 8.49. The number of ether oxygens (including phenoxy) is 1. The minimum absolute atomic E-state index is 0.427. The van der Waals surface area contributed by atoms with Crippen LogP contribution in [0.1, 0.15) is 34.7 Å². The zero-order valence-electron chi connectivity index (χ0n) is 20.5. The van der Waals surface area contributed by atoms with Crippen molar-refractivity contribution in [3.05, 3.63) is 65.2 Å². The molecule has 2 aliphatic rings. The van der Waals surface area contributed by atoms with Gasteiger partial charge in [0.2, 0.25) is 0 Å². The van der Waals surface area contributed by atoms with Gasteiger partial charge in [-0.3, -0.25) is 4.98 Å². The van der Waals surface area contributed by atoms with E-state index >= 15 is 0 Å². The average molecular weight is 470 g/mol. The van der Waals surface area contributed by atoms with Gasteiger partial charge >= 0.3 is 0 Å². The Hall–Kier alpha value is -3.33. The van der Waals surface area contributed by atoms with Crippen LogP contribution in [0.3, 0.4) is 0 Å². The molecule has 0 amide bonds. The molecule has 8 nitrogen and oxygen atoms in total. The number of nitrogens with one attached hydrogen (secondary N) is 2. The first-order valence-corrected chi connectivity index (χ1v) is 12.2. The number of rotatable bonds is 6. The summed E-state index contributed by atoms with van der Waals surface area (Å²) in [5.41, 5.74) is 9.01. The predicted molar refractivity (Wildman–Crippen MR) is 138 cm³/mol. The molecule has 1 atom stereocenters. The Kier molecular flexibility index (Phi) is 5.72. The Bertz CT molecular complexity index is 1390. The SMILES string of the molecule is CN(C)Cc1nc(Nc2cnc(-c3ccnc4c3ccn4C)c3c2CNC3)ccc1[C@@H]1CCOC1. The lowest BCUT2D eigenvalue weighted by Gasteiger charge is -2.19. The van der Waals surface area contributed by atoms with Crippen LogP contribution in [-0.2, 0) is 31.4 Å². The molecule has 1 fully saturated rings. The topological polar surface area (TPSA) is 80.1 Å². The van der Waals surface area contributed by atoms with Crippen LogP contribution in [0.25, 0.3) is 22.3 Å². The molecule has 35 heavy (non-hydrogen) atoms. The Morgan fingerprint density at radius 3 is 2.86 bits per heavy atom. The summed E-state index contributed by atoms with van der Waals surface area (Å²) in [5, 5.41) is 8.22. The van der Waals surface area contributed by atoms with Crippen molar-refractivity contribution in [3.8, 4) is 11.3 Å². The number of aryl methyl sites for hydroxylation is 1. The summed E-state index contributed by atoms with van der Waals surface area (Å²) in [6.07, 6.45) is 6.92. The summed E-state index contributed by atoms with van der Waals surface area (Å²) in [7, 11) is 6.19. The lowest BCUT2D eigenvalue weighted by Crippen LogP contribution is -2.16. The third-order valence-corrected chi connectivity index (χ3v) is 7.03. The van der Waals surface area contributed by atoms with E-state index in [2.05, 4.69) is 58.9 Å². The number of aromatic nitrogens is 4. The lowest BCUT2D eigenvalue weighted by molar-refractivity contribution is 0.193. The second kappa shape index (κ2) is 9.03. The van der Waals surface area contributed by atoms with E-state index < -0.39 is 0 Å². The Labute approximate surface area is 205 Å². The van der Waals surface area contributed by atoms with Gasteiger partial charge in [-0.25, -0.2) is 9.97 Å². The molecular weight excluding hydrogens is 438 g/mol. The summed E-state index contributed by atoms with van der Waals surface area (Å²) in [4.78, 5) is 16.7. The first kappa shape index (κ1) is 22.2. The molecular formula is C27H31N7O. The van der Waals surface area contributed by atoms with Gasteiger partial charge in [-0.05, 0) is 55.4 Å². The van der Waals surface area contributed by atoms with Crippen molar-refractivity contribution in [2.45, 2.75) is 32.0 Å². The van der Waals surface area contributed by atoms with E-state index in [0.717, 1.165) is 78.8 Å². The third kappa shape index (κ3) is 4.07. The van der Waals surface area contributed by atoms with E-state index in [9.17, 15) is 0 Å². The number of fused-ring (bicyclic) bond motifs is 2. The molecule has 0 bridgehead atoms. The van der Waals surface area contributed by atoms with Gasteiger partial charge in [-0.2, -0.15) is 0 Å². The highest BCUT2D eigenvalue weighted by Crippen LogP contribution is 2.36. The molecule has 0 aromatic carbocycles. The summed E-state index contributed by atoms with van der Waals surface area (Å²) >= 11 is 0. The highest BCUT2D eigenvalue weighted by molar-refractivity contribution is 5.93. The van der Waals surface area contributed by atoms with Crippen molar-refractivity contribution in [1.82, 2.24) is 29.7 Å². The summed E-state index contributed by atoms with van der Waals surface area (Å²) in [5.74, 6) is 1.28. The first-order chi connectivity index (χ1) is 17.1. The molecule has 0 aliphatic carbocycles. The summed E-state index contributed by atoms with van der Waals surface area (Å²) < 4.78 is 7.69. The van der Waals surface area contributed by atoms with Gasteiger partial charge in [0.1, 0.15) is 11.5 Å². The summed E-state index contributed by atoms with van der Waals surface area (Å²) in [6.45, 7) is 4.01. The van der Waals surface area contributed by atoms with Gasteiger partial charge in [0.25, 0.3) is 0 Å². The second-order valence-electron chi connectivity index (χ2n) is 9.76. The third-order valence-electron chi connectivity index (χ3n) is 7.03. The lowest BCUT2D eigenvalue weighted by atomic mass is 9.96. The van der Waals surface area contributed by atoms with Gasteiger partial charge in [0, 0.05) is 62.6 Å².